The van der Waals surface area contributed by atoms with Gasteiger partial charge in [0.05, 0.1) is 36.4 Å². The molecule has 2 aromatic carbocycles. The molecule has 0 aliphatic carbocycles. The lowest BCUT2D eigenvalue weighted by Crippen LogP contribution is -2.29. The van der Waals surface area contributed by atoms with Gasteiger partial charge in [0.1, 0.15) is 5.75 Å². The van der Waals surface area contributed by atoms with Crippen molar-refractivity contribution in [3.8, 4) is 5.75 Å². The van der Waals surface area contributed by atoms with Crippen molar-refractivity contribution in [2.75, 3.05) is 31.9 Å². The van der Waals surface area contributed by atoms with Crippen molar-refractivity contribution in [2.45, 2.75) is 18.1 Å². The Bertz CT molecular complexity index is 1070. The fourth-order valence-corrected chi connectivity index (χ4v) is 3.86. The van der Waals surface area contributed by atoms with E-state index in [1.54, 1.807) is 55.2 Å². The third kappa shape index (κ3) is 4.96. The van der Waals surface area contributed by atoms with E-state index in [1.807, 2.05) is 19.1 Å². The number of rotatable bonds is 8. The SMILES string of the molecule is COCC(C)n1c(SCC(=O)Nc2cccc(OC)c2)nc2ccccc2c1=O. The normalized spacial score (nSPS) is 12.0. The van der Waals surface area contributed by atoms with E-state index in [2.05, 4.69) is 10.3 Å². The van der Waals surface area contributed by atoms with Gasteiger partial charge in [0.2, 0.25) is 5.91 Å². The van der Waals surface area contributed by atoms with Crippen molar-refractivity contribution in [3.63, 3.8) is 0 Å². The van der Waals surface area contributed by atoms with Crippen LogP contribution in [0.25, 0.3) is 10.9 Å². The molecule has 0 spiro atoms. The molecule has 152 valence electrons. The highest BCUT2D eigenvalue weighted by molar-refractivity contribution is 7.99. The van der Waals surface area contributed by atoms with Gasteiger partial charge >= 0.3 is 0 Å². The van der Waals surface area contributed by atoms with Gasteiger partial charge in [-0.25, -0.2) is 4.98 Å². The second-order valence-electron chi connectivity index (χ2n) is 6.46. The van der Waals surface area contributed by atoms with Gasteiger partial charge in [0.15, 0.2) is 5.16 Å². The van der Waals surface area contributed by atoms with E-state index in [-0.39, 0.29) is 23.3 Å². The zero-order valence-corrected chi connectivity index (χ0v) is 17.4. The van der Waals surface area contributed by atoms with Crippen molar-refractivity contribution in [2.24, 2.45) is 0 Å². The van der Waals surface area contributed by atoms with Crippen molar-refractivity contribution in [1.82, 2.24) is 9.55 Å². The molecule has 0 saturated carbocycles. The van der Waals surface area contributed by atoms with Gasteiger partial charge in [0, 0.05) is 18.9 Å². The van der Waals surface area contributed by atoms with E-state index in [0.29, 0.717) is 34.1 Å². The van der Waals surface area contributed by atoms with Crippen LogP contribution in [0.15, 0.2) is 58.5 Å². The summed E-state index contributed by atoms with van der Waals surface area (Å²) in [6, 6.07) is 14.1. The van der Waals surface area contributed by atoms with E-state index in [1.165, 1.54) is 11.8 Å². The number of nitrogens with zero attached hydrogens (tertiary/aromatic N) is 2. The van der Waals surface area contributed by atoms with Crippen LogP contribution < -0.4 is 15.6 Å². The Morgan fingerprint density at radius 2 is 2.00 bits per heavy atom. The molecule has 1 aromatic heterocycles. The molecular weight excluding hydrogens is 390 g/mol. The third-order valence-corrected chi connectivity index (χ3v) is 5.26. The largest absolute Gasteiger partial charge is 0.497 e. The van der Waals surface area contributed by atoms with Crippen LogP contribution in [0.1, 0.15) is 13.0 Å². The Kier molecular flexibility index (Phi) is 6.90. The second-order valence-corrected chi connectivity index (χ2v) is 7.40. The fourth-order valence-electron chi connectivity index (χ4n) is 2.96. The monoisotopic (exact) mass is 413 g/mol. The number of amides is 1. The summed E-state index contributed by atoms with van der Waals surface area (Å²) < 4.78 is 12.0. The second kappa shape index (κ2) is 9.58. The number of carbonyl (C=O) groups is 1. The molecule has 0 fully saturated rings. The number of thioether (sulfide) groups is 1. The van der Waals surface area contributed by atoms with Crippen LogP contribution >= 0.6 is 11.8 Å². The topological polar surface area (TPSA) is 82.4 Å². The minimum absolute atomic E-state index is 0.113. The summed E-state index contributed by atoms with van der Waals surface area (Å²) in [4.78, 5) is 30.1. The summed E-state index contributed by atoms with van der Waals surface area (Å²) in [7, 11) is 3.16. The minimum Gasteiger partial charge on any atom is -0.497 e. The van der Waals surface area contributed by atoms with Gasteiger partial charge in [-0.1, -0.05) is 30.0 Å². The number of methoxy groups -OCH3 is 2. The first-order valence-corrected chi connectivity index (χ1v) is 10.1. The van der Waals surface area contributed by atoms with Crippen LogP contribution in [0, 0.1) is 0 Å². The van der Waals surface area contributed by atoms with Crippen molar-refractivity contribution in [3.05, 3.63) is 58.9 Å². The summed E-state index contributed by atoms with van der Waals surface area (Å²) in [6.07, 6.45) is 0. The van der Waals surface area contributed by atoms with Gasteiger partial charge in [-0.15, -0.1) is 0 Å². The molecule has 1 atom stereocenters. The van der Waals surface area contributed by atoms with Crippen molar-refractivity contribution < 1.29 is 14.3 Å². The molecule has 0 bridgehead atoms. The average molecular weight is 413 g/mol. The molecular formula is C21H23N3O4S. The standard InChI is InChI=1S/C21H23N3O4S/c1-14(12-27-2)24-20(26)17-9-4-5-10-18(17)23-21(24)29-13-19(25)22-15-7-6-8-16(11-15)28-3/h4-11,14H,12-13H2,1-3H3,(H,22,25). The Morgan fingerprint density at radius 3 is 2.76 bits per heavy atom. The molecule has 0 aliphatic rings. The molecule has 8 heteroatoms. The molecule has 3 aromatic rings. The summed E-state index contributed by atoms with van der Waals surface area (Å²) in [5.74, 6) is 0.576. The number of ether oxygens (including phenoxy) is 2. The third-order valence-electron chi connectivity index (χ3n) is 4.31. The number of para-hydroxylation sites is 1. The quantitative estimate of drug-likeness (QED) is 0.451. The smallest absolute Gasteiger partial charge is 0.262 e. The molecule has 1 amide bonds. The summed E-state index contributed by atoms with van der Waals surface area (Å²) >= 11 is 1.22. The Labute approximate surface area is 173 Å². The maximum absolute atomic E-state index is 13.0. The van der Waals surface area contributed by atoms with Crippen LogP contribution in [-0.2, 0) is 9.53 Å². The zero-order valence-electron chi connectivity index (χ0n) is 16.5. The first-order chi connectivity index (χ1) is 14.0. The van der Waals surface area contributed by atoms with Gasteiger partial charge < -0.3 is 14.8 Å². The highest BCUT2D eigenvalue weighted by atomic mass is 32.2. The van der Waals surface area contributed by atoms with Gasteiger partial charge in [-0.05, 0) is 31.2 Å². The van der Waals surface area contributed by atoms with Crippen LogP contribution in [0.4, 0.5) is 5.69 Å². The van der Waals surface area contributed by atoms with Gasteiger partial charge in [-0.3, -0.25) is 14.2 Å². The number of aromatic nitrogens is 2. The predicted octanol–water partition coefficient (Wildman–Crippen LogP) is 3.34. The van der Waals surface area contributed by atoms with Crippen LogP contribution in [0.2, 0.25) is 0 Å². The molecule has 0 aliphatic heterocycles. The summed E-state index contributed by atoms with van der Waals surface area (Å²) in [5.41, 5.74) is 1.11. The Hall–Kier alpha value is -2.84. The van der Waals surface area contributed by atoms with Crippen LogP contribution in [-0.4, -0.2) is 42.0 Å². The molecule has 29 heavy (non-hydrogen) atoms. The van der Waals surface area contributed by atoms with E-state index < -0.39 is 0 Å². The van der Waals surface area contributed by atoms with Crippen molar-refractivity contribution >= 4 is 34.3 Å². The Balaban J connectivity index is 1.83. The Morgan fingerprint density at radius 1 is 1.21 bits per heavy atom. The van der Waals surface area contributed by atoms with Crippen molar-refractivity contribution in [1.29, 1.82) is 0 Å². The molecule has 0 radical (unpaired) electrons. The number of hydrogen-bond donors (Lipinski definition) is 1. The predicted molar refractivity (Wildman–Crippen MR) is 115 cm³/mol. The molecule has 0 saturated heterocycles. The lowest BCUT2D eigenvalue weighted by molar-refractivity contribution is -0.113. The fraction of sp³-hybridized carbons (Fsp3) is 0.286. The first-order valence-electron chi connectivity index (χ1n) is 9.10. The molecule has 7 nitrogen and oxygen atoms in total. The zero-order chi connectivity index (χ0) is 20.8. The maximum Gasteiger partial charge on any atom is 0.262 e. The van der Waals surface area contributed by atoms with E-state index in [4.69, 9.17) is 9.47 Å². The highest BCUT2D eigenvalue weighted by Gasteiger charge is 2.17. The minimum atomic E-state index is -0.214. The van der Waals surface area contributed by atoms with Gasteiger partial charge in [-0.2, -0.15) is 0 Å². The van der Waals surface area contributed by atoms with E-state index in [9.17, 15) is 9.59 Å². The van der Waals surface area contributed by atoms with Crippen LogP contribution in [0.5, 0.6) is 5.75 Å². The maximum atomic E-state index is 13.0. The van der Waals surface area contributed by atoms with Crippen LogP contribution in [0.3, 0.4) is 0 Å². The molecule has 3 rings (SSSR count). The number of anilines is 1. The highest BCUT2D eigenvalue weighted by Crippen LogP contribution is 2.22. The average Bonchev–Trinajstić information content (AvgIpc) is 2.72. The lowest BCUT2D eigenvalue weighted by atomic mass is 10.2. The van der Waals surface area contributed by atoms with E-state index in [0.717, 1.165) is 0 Å². The van der Waals surface area contributed by atoms with Gasteiger partial charge in [0.25, 0.3) is 5.56 Å². The molecule has 1 heterocycles. The molecule has 1 N–H and O–H groups in total. The molecule has 1 unspecified atom stereocenters. The first kappa shape index (κ1) is 20.9. The number of fused-ring (bicyclic) bond motifs is 1. The number of carbonyl (C=O) groups excluding carboxylic acids is 1. The summed E-state index contributed by atoms with van der Waals surface area (Å²) in [6.45, 7) is 2.26. The number of benzene rings is 2. The van der Waals surface area contributed by atoms with E-state index >= 15 is 0 Å². The lowest BCUT2D eigenvalue weighted by Gasteiger charge is -2.18. The number of nitrogens with one attached hydrogen (secondary N) is 1. The summed E-state index contributed by atoms with van der Waals surface area (Å²) in [5, 5.41) is 3.86. The number of hydrogen-bond acceptors (Lipinski definition) is 6.